The predicted octanol–water partition coefficient (Wildman–Crippen LogP) is 4.07. The van der Waals surface area contributed by atoms with Gasteiger partial charge in [0, 0.05) is 15.6 Å². The summed E-state index contributed by atoms with van der Waals surface area (Å²) in [5.41, 5.74) is 2.86. The molecule has 0 aliphatic rings. The highest BCUT2D eigenvalue weighted by molar-refractivity contribution is 9.10. The second kappa shape index (κ2) is 4.38. The zero-order chi connectivity index (χ0) is 12.5. The topological polar surface area (TPSA) is 43.1 Å². The Bertz CT molecular complexity index is 716. The third kappa shape index (κ3) is 1.95. The molecule has 3 aromatic rings. The Morgan fingerprint density at radius 3 is 2.61 bits per heavy atom. The van der Waals surface area contributed by atoms with E-state index in [2.05, 4.69) is 20.9 Å². The van der Waals surface area contributed by atoms with E-state index in [1.807, 2.05) is 24.3 Å². The number of aldehydes is 1. The predicted molar refractivity (Wildman–Crippen MR) is 72.5 cm³/mol. The summed E-state index contributed by atoms with van der Waals surface area (Å²) in [7, 11) is 0. The third-order valence-electron chi connectivity index (χ3n) is 2.64. The Labute approximate surface area is 112 Å². The summed E-state index contributed by atoms with van der Waals surface area (Å²) in [6.45, 7) is 0. The van der Waals surface area contributed by atoms with Gasteiger partial charge in [0.05, 0.1) is 0 Å². The molecule has 0 atom stereocenters. The van der Waals surface area contributed by atoms with Gasteiger partial charge in [-0.05, 0) is 42.5 Å². The molecule has 4 heteroatoms. The van der Waals surface area contributed by atoms with Crippen molar-refractivity contribution in [1.82, 2.24) is 4.98 Å². The third-order valence-corrected chi connectivity index (χ3v) is 3.17. The molecule has 0 aliphatic heterocycles. The molecule has 0 saturated carbocycles. The van der Waals surface area contributed by atoms with Crippen molar-refractivity contribution in [2.24, 2.45) is 0 Å². The van der Waals surface area contributed by atoms with Gasteiger partial charge >= 0.3 is 0 Å². The molecule has 0 N–H and O–H groups in total. The van der Waals surface area contributed by atoms with Crippen molar-refractivity contribution in [3.05, 3.63) is 52.5 Å². The zero-order valence-electron chi connectivity index (χ0n) is 9.26. The molecular formula is C14H8BrNO2. The average molecular weight is 302 g/mol. The van der Waals surface area contributed by atoms with Gasteiger partial charge in [-0.3, -0.25) is 4.79 Å². The molecule has 0 bridgehead atoms. The quantitative estimate of drug-likeness (QED) is 0.670. The van der Waals surface area contributed by atoms with E-state index in [0.29, 0.717) is 17.0 Å². The Morgan fingerprint density at radius 2 is 1.89 bits per heavy atom. The van der Waals surface area contributed by atoms with Crippen LogP contribution in [-0.2, 0) is 0 Å². The van der Waals surface area contributed by atoms with Crippen LogP contribution in [0.4, 0.5) is 0 Å². The fourth-order valence-corrected chi connectivity index (χ4v) is 1.99. The highest BCUT2D eigenvalue weighted by Crippen LogP contribution is 2.25. The van der Waals surface area contributed by atoms with Gasteiger partial charge in [-0.2, -0.15) is 0 Å². The van der Waals surface area contributed by atoms with E-state index >= 15 is 0 Å². The number of nitrogens with zero attached hydrogens (tertiary/aromatic N) is 1. The van der Waals surface area contributed by atoms with Crippen LogP contribution in [0.15, 0.2) is 51.4 Å². The van der Waals surface area contributed by atoms with Crippen LogP contribution in [0.25, 0.3) is 22.6 Å². The number of fused-ring (bicyclic) bond motifs is 1. The number of benzene rings is 2. The number of oxazole rings is 1. The van der Waals surface area contributed by atoms with Gasteiger partial charge < -0.3 is 4.42 Å². The molecule has 0 unspecified atom stereocenters. The number of hydrogen-bond donors (Lipinski definition) is 0. The van der Waals surface area contributed by atoms with Gasteiger partial charge in [0.25, 0.3) is 0 Å². The monoisotopic (exact) mass is 301 g/mol. The van der Waals surface area contributed by atoms with Gasteiger partial charge in [0.1, 0.15) is 11.8 Å². The molecule has 0 fully saturated rings. The lowest BCUT2D eigenvalue weighted by molar-refractivity contribution is 0.112. The fourth-order valence-electron chi connectivity index (χ4n) is 1.73. The van der Waals surface area contributed by atoms with Crippen molar-refractivity contribution in [3.8, 4) is 11.5 Å². The van der Waals surface area contributed by atoms with Crippen LogP contribution in [0, 0.1) is 0 Å². The number of carbonyl (C=O) groups excluding carboxylic acids is 1. The van der Waals surface area contributed by atoms with Gasteiger partial charge in [0.2, 0.25) is 5.89 Å². The van der Waals surface area contributed by atoms with Crippen molar-refractivity contribution in [2.45, 2.75) is 0 Å². The summed E-state index contributed by atoms with van der Waals surface area (Å²) < 4.78 is 6.66. The highest BCUT2D eigenvalue weighted by Gasteiger charge is 2.08. The molecule has 18 heavy (non-hydrogen) atoms. The normalized spacial score (nSPS) is 10.7. The van der Waals surface area contributed by atoms with E-state index in [0.717, 1.165) is 21.8 Å². The van der Waals surface area contributed by atoms with E-state index in [-0.39, 0.29) is 0 Å². The van der Waals surface area contributed by atoms with E-state index in [1.165, 1.54) is 0 Å². The van der Waals surface area contributed by atoms with Crippen LogP contribution < -0.4 is 0 Å². The molecule has 1 heterocycles. The largest absolute Gasteiger partial charge is 0.436 e. The number of carbonyl (C=O) groups is 1. The minimum Gasteiger partial charge on any atom is -0.436 e. The summed E-state index contributed by atoms with van der Waals surface area (Å²) in [5, 5.41) is 0. The first-order chi connectivity index (χ1) is 8.76. The summed E-state index contributed by atoms with van der Waals surface area (Å²) in [5.74, 6) is 0.556. The van der Waals surface area contributed by atoms with Crippen molar-refractivity contribution in [3.63, 3.8) is 0 Å². The molecule has 0 radical (unpaired) electrons. The molecule has 3 rings (SSSR count). The lowest BCUT2D eigenvalue weighted by Gasteiger charge is -1.94. The second-order valence-corrected chi connectivity index (χ2v) is 4.79. The maximum Gasteiger partial charge on any atom is 0.227 e. The minimum absolute atomic E-state index is 0.556. The van der Waals surface area contributed by atoms with Crippen molar-refractivity contribution in [1.29, 1.82) is 0 Å². The summed E-state index contributed by atoms with van der Waals surface area (Å²) >= 11 is 3.38. The van der Waals surface area contributed by atoms with E-state index < -0.39 is 0 Å². The molecule has 88 valence electrons. The maximum absolute atomic E-state index is 10.7. The van der Waals surface area contributed by atoms with Gasteiger partial charge in [-0.25, -0.2) is 4.98 Å². The number of aromatic nitrogens is 1. The Kier molecular flexibility index (Phi) is 2.72. The minimum atomic E-state index is 0.556. The average Bonchev–Trinajstić information content (AvgIpc) is 2.82. The molecule has 2 aromatic carbocycles. The van der Waals surface area contributed by atoms with Gasteiger partial charge in [-0.15, -0.1) is 0 Å². The summed E-state index contributed by atoms with van der Waals surface area (Å²) in [6.07, 6.45) is 0.793. The number of halogens is 1. The van der Waals surface area contributed by atoms with Crippen LogP contribution in [0.2, 0.25) is 0 Å². The Hall–Kier alpha value is -1.94. The fraction of sp³-hybridized carbons (Fsp3) is 0. The van der Waals surface area contributed by atoms with E-state index in [1.54, 1.807) is 18.2 Å². The molecule has 0 aliphatic carbocycles. The highest BCUT2D eigenvalue weighted by atomic mass is 79.9. The first-order valence-electron chi connectivity index (χ1n) is 5.38. The first-order valence-corrected chi connectivity index (χ1v) is 6.17. The number of rotatable bonds is 2. The van der Waals surface area contributed by atoms with Crippen LogP contribution in [0.1, 0.15) is 10.4 Å². The summed E-state index contributed by atoms with van der Waals surface area (Å²) in [6, 6.07) is 12.9. The smallest absolute Gasteiger partial charge is 0.227 e. The van der Waals surface area contributed by atoms with Gasteiger partial charge in [-0.1, -0.05) is 15.9 Å². The molecular weight excluding hydrogens is 294 g/mol. The standard InChI is InChI=1S/C14H8BrNO2/c15-11-4-2-10(3-5-11)14-16-12-6-1-9(8-17)7-13(12)18-14/h1-8H. The number of hydrogen-bond acceptors (Lipinski definition) is 3. The molecule has 1 aromatic heterocycles. The Balaban J connectivity index is 2.12. The lowest BCUT2D eigenvalue weighted by Crippen LogP contribution is -1.77. The first kappa shape index (κ1) is 11.2. The molecule has 0 amide bonds. The van der Waals surface area contributed by atoms with E-state index in [9.17, 15) is 4.79 Å². The maximum atomic E-state index is 10.7. The van der Waals surface area contributed by atoms with Crippen LogP contribution in [0.5, 0.6) is 0 Å². The molecule has 3 nitrogen and oxygen atoms in total. The van der Waals surface area contributed by atoms with Crippen molar-refractivity contribution >= 4 is 33.3 Å². The Morgan fingerprint density at radius 1 is 1.11 bits per heavy atom. The lowest BCUT2D eigenvalue weighted by atomic mass is 10.2. The zero-order valence-corrected chi connectivity index (χ0v) is 10.8. The van der Waals surface area contributed by atoms with Crippen LogP contribution in [-0.4, -0.2) is 11.3 Å². The second-order valence-electron chi connectivity index (χ2n) is 3.87. The van der Waals surface area contributed by atoms with Crippen LogP contribution in [0.3, 0.4) is 0 Å². The van der Waals surface area contributed by atoms with E-state index in [4.69, 9.17) is 4.42 Å². The summed E-state index contributed by atoms with van der Waals surface area (Å²) in [4.78, 5) is 15.1. The van der Waals surface area contributed by atoms with Gasteiger partial charge in [0.15, 0.2) is 5.58 Å². The molecule has 0 saturated heterocycles. The van der Waals surface area contributed by atoms with Crippen molar-refractivity contribution in [2.75, 3.05) is 0 Å². The SMILES string of the molecule is O=Cc1ccc2nc(-c3ccc(Br)cc3)oc2c1. The van der Waals surface area contributed by atoms with Crippen LogP contribution >= 0.6 is 15.9 Å². The molecule has 0 spiro atoms. The van der Waals surface area contributed by atoms with Crippen molar-refractivity contribution < 1.29 is 9.21 Å².